The summed E-state index contributed by atoms with van der Waals surface area (Å²) in [6.07, 6.45) is 0. The van der Waals surface area contributed by atoms with Crippen LogP contribution >= 0.6 is 0 Å². The molecule has 84 valence electrons. The van der Waals surface area contributed by atoms with Crippen molar-refractivity contribution >= 4 is 11.5 Å². The Kier molecular flexibility index (Phi) is 1.84. The van der Waals surface area contributed by atoms with E-state index in [-0.39, 0.29) is 28.2 Å². The van der Waals surface area contributed by atoms with Crippen LogP contribution in [0, 0.1) is 11.6 Å². The van der Waals surface area contributed by atoms with Gasteiger partial charge in [-0.25, -0.2) is 8.78 Å². The van der Waals surface area contributed by atoms with Crippen molar-refractivity contribution in [2.75, 3.05) is 5.73 Å². The molecule has 0 atom stereocenters. The van der Waals surface area contributed by atoms with E-state index in [2.05, 4.69) is 0 Å². The van der Waals surface area contributed by atoms with Gasteiger partial charge in [0.1, 0.15) is 11.6 Å². The van der Waals surface area contributed by atoms with Crippen molar-refractivity contribution in [1.29, 1.82) is 0 Å². The molecule has 0 saturated carbocycles. The molecule has 1 aliphatic carbocycles. The lowest BCUT2D eigenvalue weighted by Gasteiger charge is -2.02. The second-order valence-corrected chi connectivity index (χ2v) is 3.94. The first kappa shape index (κ1) is 9.96. The maximum absolute atomic E-state index is 13.8. The van der Waals surface area contributed by atoms with Crippen LogP contribution < -0.4 is 5.73 Å². The van der Waals surface area contributed by atoms with Crippen LogP contribution in [0.25, 0.3) is 11.1 Å². The van der Waals surface area contributed by atoms with Crippen LogP contribution in [0.3, 0.4) is 0 Å². The maximum atomic E-state index is 13.8. The highest BCUT2D eigenvalue weighted by Crippen LogP contribution is 2.39. The van der Waals surface area contributed by atoms with Crippen LogP contribution in [0.15, 0.2) is 30.3 Å². The second kappa shape index (κ2) is 3.13. The van der Waals surface area contributed by atoms with Gasteiger partial charge in [0, 0.05) is 22.4 Å². The molecule has 2 nitrogen and oxygen atoms in total. The first-order valence-corrected chi connectivity index (χ1v) is 5.01. The van der Waals surface area contributed by atoms with Crippen LogP contribution in [0.2, 0.25) is 0 Å². The Morgan fingerprint density at radius 2 is 1.71 bits per heavy atom. The highest BCUT2D eigenvalue weighted by Gasteiger charge is 2.30. The summed E-state index contributed by atoms with van der Waals surface area (Å²) in [6, 6.07) is 6.31. The van der Waals surface area contributed by atoms with Gasteiger partial charge in [0.25, 0.3) is 0 Å². The number of benzene rings is 2. The van der Waals surface area contributed by atoms with Gasteiger partial charge < -0.3 is 5.73 Å². The molecule has 0 heterocycles. The fourth-order valence-corrected chi connectivity index (χ4v) is 2.15. The van der Waals surface area contributed by atoms with E-state index < -0.39 is 11.6 Å². The number of anilines is 1. The Balaban J connectivity index is 2.39. The van der Waals surface area contributed by atoms with Crippen molar-refractivity contribution in [2.45, 2.75) is 0 Å². The van der Waals surface area contributed by atoms with E-state index in [4.69, 9.17) is 5.73 Å². The van der Waals surface area contributed by atoms with Crippen LogP contribution in [0.5, 0.6) is 0 Å². The zero-order chi connectivity index (χ0) is 12.2. The first-order chi connectivity index (χ1) is 8.08. The molecule has 0 saturated heterocycles. The zero-order valence-electron chi connectivity index (χ0n) is 8.63. The SMILES string of the molecule is Nc1cc(F)c2c(c1)C(=O)c1cc(F)ccc1-2. The Bertz CT molecular complexity index is 665. The normalized spacial score (nSPS) is 12.5. The molecule has 1 aliphatic rings. The molecular weight excluding hydrogens is 224 g/mol. The predicted molar refractivity (Wildman–Crippen MR) is 59.6 cm³/mol. The van der Waals surface area contributed by atoms with E-state index in [9.17, 15) is 13.6 Å². The Hall–Kier alpha value is -2.23. The van der Waals surface area contributed by atoms with Crippen molar-refractivity contribution in [3.63, 3.8) is 0 Å². The van der Waals surface area contributed by atoms with Gasteiger partial charge in [0.05, 0.1) is 0 Å². The van der Waals surface area contributed by atoms with Gasteiger partial charge in [0.15, 0.2) is 5.78 Å². The summed E-state index contributed by atoms with van der Waals surface area (Å²) < 4.78 is 26.8. The molecule has 0 radical (unpaired) electrons. The molecule has 0 aromatic heterocycles. The van der Waals surface area contributed by atoms with Crippen LogP contribution in [-0.4, -0.2) is 5.78 Å². The van der Waals surface area contributed by atoms with E-state index in [1.807, 2.05) is 0 Å². The maximum Gasteiger partial charge on any atom is 0.194 e. The van der Waals surface area contributed by atoms with Gasteiger partial charge in [-0.05, 0) is 29.8 Å². The molecular formula is C13H7F2NO. The lowest BCUT2D eigenvalue weighted by Crippen LogP contribution is -1.98. The summed E-state index contributed by atoms with van der Waals surface area (Å²) in [5.74, 6) is -1.46. The molecule has 2 aromatic rings. The number of nitrogens with two attached hydrogens (primary N) is 1. The molecule has 4 heteroatoms. The highest BCUT2D eigenvalue weighted by atomic mass is 19.1. The predicted octanol–water partition coefficient (Wildman–Crippen LogP) is 2.76. The quantitative estimate of drug-likeness (QED) is 0.604. The number of carbonyl (C=O) groups is 1. The highest BCUT2D eigenvalue weighted by molar-refractivity contribution is 6.22. The third kappa shape index (κ3) is 1.27. The largest absolute Gasteiger partial charge is 0.399 e. The second-order valence-electron chi connectivity index (χ2n) is 3.94. The summed E-state index contributed by atoms with van der Waals surface area (Å²) in [5.41, 5.74) is 6.69. The molecule has 0 aliphatic heterocycles. The minimum Gasteiger partial charge on any atom is -0.399 e. The van der Waals surface area contributed by atoms with Crippen molar-refractivity contribution in [1.82, 2.24) is 0 Å². The molecule has 0 amide bonds. The topological polar surface area (TPSA) is 43.1 Å². The minimum atomic E-state index is -0.557. The number of carbonyl (C=O) groups excluding carboxylic acids is 1. The first-order valence-electron chi connectivity index (χ1n) is 5.01. The van der Waals surface area contributed by atoms with Crippen LogP contribution in [0.1, 0.15) is 15.9 Å². The number of ketones is 1. The molecule has 3 rings (SSSR count). The Morgan fingerprint density at radius 3 is 2.47 bits per heavy atom. The lowest BCUT2D eigenvalue weighted by molar-refractivity contribution is 0.104. The van der Waals surface area contributed by atoms with E-state index >= 15 is 0 Å². The summed E-state index contributed by atoms with van der Waals surface area (Å²) in [6.45, 7) is 0. The average molecular weight is 231 g/mol. The van der Waals surface area contributed by atoms with Crippen LogP contribution in [0.4, 0.5) is 14.5 Å². The monoisotopic (exact) mass is 231 g/mol. The van der Waals surface area contributed by atoms with E-state index in [0.717, 1.165) is 12.1 Å². The van der Waals surface area contributed by atoms with E-state index in [1.165, 1.54) is 18.2 Å². The van der Waals surface area contributed by atoms with E-state index in [0.29, 0.717) is 5.56 Å². The number of halogens is 2. The zero-order valence-corrected chi connectivity index (χ0v) is 8.63. The summed E-state index contributed by atoms with van der Waals surface area (Å²) in [7, 11) is 0. The van der Waals surface area contributed by atoms with Crippen molar-refractivity contribution in [2.24, 2.45) is 0 Å². The summed E-state index contributed by atoms with van der Waals surface area (Å²) in [5, 5.41) is 0. The van der Waals surface area contributed by atoms with Crippen molar-refractivity contribution in [3.8, 4) is 11.1 Å². The lowest BCUT2D eigenvalue weighted by atomic mass is 10.0. The van der Waals surface area contributed by atoms with Gasteiger partial charge >= 0.3 is 0 Å². The van der Waals surface area contributed by atoms with Gasteiger partial charge in [-0.3, -0.25) is 4.79 Å². The summed E-state index contributed by atoms with van der Waals surface area (Å²) in [4.78, 5) is 12.0. The number of rotatable bonds is 0. The van der Waals surface area contributed by atoms with Gasteiger partial charge in [-0.2, -0.15) is 0 Å². The van der Waals surface area contributed by atoms with Gasteiger partial charge in [-0.15, -0.1) is 0 Å². The number of hydrogen-bond donors (Lipinski definition) is 1. The number of fused-ring (bicyclic) bond motifs is 3. The van der Waals surface area contributed by atoms with E-state index in [1.54, 1.807) is 0 Å². The van der Waals surface area contributed by atoms with Crippen molar-refractivity contribution < 1.29 is 13.6 Å². The average Bonchev–Trinajstić information content (AvgIpc) is 2.53. The smallest absolute Gasteiger partial charge is 0.194 e. The number of nitrogen functional groups attached to an aromatic ring is 1. The van der Waals surface area contributed by atoms with Crippen LogP contribution in [-0.2, 0) is 0 Å². The third-order valence-electron chi connectivity index (χ3n) is 2.85. The van der Waals surface area contributed by atoms with Gasteiger partial charge in [-0.1, -0.05) is 6.07 Å². The molecule has 0 spiro atoms. The molecule has 0 bridgehead atoms. The fraction of sp³-hybridized carbons (Fsp3) is 0. The third-order valence-corrected chi connectivity index (χ3v) is 2.85. The van der Waals surface area contributed by atoms with Crippen molar-refractivity contribution in [3.05, 3.63) is 53.1 Å². The number of hydrogen-bond acceptors (Lipinski definition) is 2. The summed E-state index contributed by atoms with van der Waals surface area (Å²) >= 11 is 0. The Labute approximate surface area is 95.7 Å². The molecule has 2 aromatic carbocycles. The minimum absolute atomic E-state index is 0.183. The molecule has 0 fully saturated rings. The molecule has 0 unspecified atom stereocenters. The standard InChI is InChI=1S/C13H7F2NO/c14-6-1-2-8-9(3-6)13(17)10-4-7(16)5-11(15)12(8)10/h1-5H,16H2. The Morgan fingerprint density at radius 1 is 0.941 bits per heavy atom. The van der Waals surface area contributed by atoms with Gasteiger partial charge in [0.2, 0.25) is 0 Å². The fourth-order valence-electron chi connectivity index (χ4n) is 2.15. The molecule has 17 heavy (non-hydrogen) atoms. The molecule has 2 N–H and O–H groups in total.